The van der Waals surface area contributed by atoms with Crippen molar-refractivity contribution >= 4 is 31.6 Å². The van der Waals surface area contributed by atoms with Crippen LogP contribution < -0.4 is 5.56 Å². The summed E-state index contributed by atoms with van der Waals surface area (Å²) >= 11 is 1.48. The van der Waals surface area contributed by atoms with E-state index < -0.39 is 0 Å². The number of H-pyrrole nitrogens is 1. The monoisotopic (exact) mass is 336 g/mol. The first-order valence-corrected chi connectivity index (χ1v) is 8.44. The summed E-state index contributed by atoms with van der Waals surface area (Å²) in [6.45, 7) is 0.602. The molecule has 0 amide bonds. The molecule has 0 aliphatic carbocycles. The second-order valence-corrected chi connectivity index (χ2v) is 7.04. The Labute approximate surface area is 142 Å². The highest BCUT2D eigenvalue weighted by molar-refractivity contribution is 7.25. The summed E-state index contributed by atoms with van der Waals surface area (Å²) in [6, 6.07) is 10.2. The van der Waals surface area contributed by atoms with Gasteiger partial charge in [-0.2, -0.15) is 0 Å². The van der Waals surface area contributed by atoms with Crippen LogP contribution in [-0.4, -0.2) is 33.9 Å². The maximum atomic E-state index is 12.4. The van der Waals surface area contributed by atoms with E-state index in [1.807, 2.05) is 37.3 Å². The molecule has 0 fully saturated rings. The topological polar surface area (TPSA) is 61.9 Å². The second-order valence-electron chi connectivity index (χ2n) is 5.98. The highest BCUT2D eigenvalue weighted by atomic mass is 32.1. The van der Waals surface area contributed by atoms with Crippen molar-refractivity contribution in [3.05, 3.63) is 58.9 Å². The minimum atomic E-state index is -0.0685. The van der Waals surface area contributed by atoms with E-state index in [9.17, 15) is 4.79 Å². The van der Waals surface area contributed by atoms with Crippen LogP contribution in [-0.2, 0) is 6.54 Å². The van der Waals surface area contributed by atoms with E-state index in [2.05, 4.69) is 28.2 Å². The van der Waals surface area contributed by atoms with Crippen molar-refractivity contribution in [3.8, 4) is 11.1 Å². The molecule has 24 heavy (non-hydrogen) atoms. The molecule has 0 radical (unpaired) electrons. The number of hydrogen-bond donors (Lipinski definition) is 1. The van der Waals surface area contributed by atoms with E-state index in [1.165, 1.54) is 11.3 Å². The SMILES string of the molecule is CN(C)Cc1nc2c(sc3ccc(-c4cccnc4)cc32)c(=O)[nH]1. The second kappa shape index (κ2) is 5.81. The van der Waals surface area contributed by atoms with Crippen LogP contribution in [0.1, 0.15) is 5.82 Å². The Morgan fingerprint density at radius 2 is 2.08 bits per heavy atom. The Morgan fingerprint density at radius 3 is 2.83 bits per heavy atom. The molecule has 0 saturated heterocycles. The molecule has 0 unspecified atom stereocenters. The first-order chi connectivity index (χ1) is 11.6. The lowest BCUT2D eigenvalue weighted by atomic mass is 10.1. The average molecular weight is 336 g/mol. The fourth-order valence-corrected chi connectivity index (χ4v) is 3.81. The Hall–Kier alpha value is -2.57. The summed E-state index contributed by atoms with van der Waals surface area (Å²) in [5.41, 5.74) is 2.84. The van der Waals surface area contributed by atoms with E-state index in [0.717, 1.165) is 26.7 Å². The van der Waals surface area contributed by atoms with Gasteiger partial charge in [0.2, 0.25) is 0 Å². The van der Waals surface area contributed by atoms with Crippen LogP contribution in [0, 0.1) is 0 Å². The highest BCUT2D eigenvalue weighted by Gasteiger charge is 2.13. The van der Waals surface area contributed by atoms with Crippen LogP contribution in [0.25, 0.3) is 31.4 Å². The lowest BCUT2D eigenvalue weighted by Crippen LogP contribution is -2.17. The standard InChI is InChI=1S/C18H16N4OS/c1-22(2)10-15-20-16-13-8-11(12-4-3-7-19-9-12)5-6-14(13)24-17(16)18(23)21-15/h3-9H,10H2,1-2H3,(H,20,21,23). The molecule has 120 valence electrons. The fraction of sp³-hybridized carbons (Fsp3) is 0.167. The minimum Gasteiger partial charge on any atom is -0.308 e. The molecular weight excluding hydrogens is 320 g/mol. The molecule has 0 saturated carbocycles. The quantitative estimate of drug-likeness (QED) is 0.624. The number of fused-ring (bicyclic) bond motifs is 3. The lowest BCUT2D eigenvalue weighted by molar-refractivity contribution is 0.390. The Kier molecular flexibility index (Phi) is 3.63. The number of benzene rings is 1. The molecule has 3 aromatic heterocycles. The maximum Gasteiger partial charge on any atom is 0.268 e. The predicted octanol–water partition coefficient (Wildman–Crippen LogP) is 3.26. The first kappa shape index (κ1) is 15.0. The molecule has 1 N–H and O–H groups in total. The number of aromatic amines is 1. The molecule has 3 heterocycles. The first-order valence-electron chi connectivity index (χ1n) is 7.62. The van der Waals surface area contributed by atoms with Gasteiger partial charge in [-0.1, -0.05) is 12.1 Å². The fourth-order valence-electron chi connectivity index (χ4n) is 2.79. The van der Waals surface area contributed by atoms with Crippen molar-refractivity contribution in [1.29, 1.82) is 0 Å². The normalized spacial score (nSPS) is 11.6. The third kappa shape index (κ3) is 2.60. The number of nitrogens with one attached hydrogen (secondary N) is 1. The van der Waals surface area contributed by atoms with Gasteiger partial charge in [-0.3, -0.25) is 9.78 Å². The maximum absolute atomic E-state index is 12.4. The molecule has 4 rings (SSSR count). The molecule has 1 aromatic carbocycles. The van der Waals surface area contributed by atoms with Crippen molar-refractivity contribution in [1.82, 2.24) is 19.9 Å². The van der Waals surface area contributed by atoms with Crippen molar-refractivity contribution in [3.63, 3.8) is 0 Å². The van der Waals surface area contributed by atoms with Gasteiger partial charge in [-0.25, -0.2) is 4.98 Å². The zero-order chi connectivity index (χ0) is 16.7. The van der Waals surface area contributed by atoms with E-state index in [0.29, 0.717) is 17.1 Å². The van der Waals surface area contributed by atoms with Gasteiger partial charge in [0.05, 0.1) is 12.1 Å². The number of nitrogens with zero attached hydrogens (tertiary/aromatic N) is 3. The van der Waals surface area contributed by atoms with Gasteiger partial charge >= 0.3 is 0 Å². The van der Waals surface area contributed by atoms with Gasteiger partial charge in [-0.05, 0) is 37.9 Å². The van der Waals surface area contributed by atoms with Crippen molar-refractivity contribution in [2.24, 2.45) is 0 Å². The van der Waals surface area contributed by atoms with Gasteiger partial charge in [0.25, 0.3) is 5.56 Å². The minimum absolute atomic E-state index is 0.0685. The van der Waals surface area contributed by atoms with Crippen molar-refractivity contribution in [2.75, 3.05) is 14.1 Å². The van der Waals surface area contributed by atoms with Crippen LogP contribution in [0.5, 0.6) is 0 Å². The molecule has 0 bridgehead atoms. The van der Waals surface area contributed by atoms with Gasteiger partial charge in [0.15, 0.2) is 0 Å². The highest BCUT2D eigenvalue weighted by Crippen LogP contribution is 2.33. The van der Waals surface area contributed by atoms with Crippen LogP contribution in [0.4, 0.5) is 0 Å². The van der Waals surface area contributed by atoms with Crippen LogP contribution in [0.2, 0.25) is 0 Å². The number of rotatable bonds is 3. The van der Waals surface area contributed by atoms with Gasteiger partial charge in [0, 0.05) is 28.0 Å². The molecular formula is C18H16N4OS. The molecule has 0 aliphatic heterocycles. The van der Waals surface area contributed by atoms with E-state index in [-0.39, 0.29) is 5.56 Å². The lowest BCUT2D eigenvalue weighted by Gasteiger charge is -2.08. The zero-order valence-electron chi connectivity index (χ0n) is 13.4. The van der Waals surface area contributed by atoms with Crippen molar-refractivity contribution < 1.29 is 0 Å². The van der Waals surface area contributed by atoms with E-state index >= 15 is 0 Å². The van der Waals surface area contributed by atoms with Gasteiger partial charge < -0.3 is 9.88 Å². The largest absolute Gasteiger partial charge is 0.308 e. The smallest absolute Gasteiger partial charge is 0.268 e. The summed E-state index contributed by atoms with van der Waals surface area (Å²) in [5.74, 6) is 0.684. The van der Waals surface area contributed by atoms with Crippen LogP contribution >= 0.6 is 11.3 Å². The van der Waals surface area contributed by atoms with Gasteiger partial charge in [0.1, 0.15) is 10.5 Å². The van der Waals surface area contributed by atoms with Crippen LogP contribution in [0.3, 0.4) is 0 Å². The Bertz CT molecular complexity index is 1080. The Morgan fingerprint density at radius 1 is 1.21 bits per heavy atom. The van der Waals surface area contributed by atoms with Crippen LogP contribution in [0.15, 0.2) is 47.5 Å². The predicted molar refractivity (Wildman–Crippen MR) is 98.4 cm³/mol. The molecule has 0 aliphatic rings. The van der Waals surface area contributed by atoms with Crippen molar-refractivity contribution in [2.45, 2.75) is 6.54 Å². The molecule has 6 heteroatoms. The third-order valence-electron chi connectivity index (χ3n) is 3.83. The molecule has 4 aromatic rings. The van der Waals surface area contributed by atoms with E-state index in [1.54, 1.807) is 6.20 Å². The number of hydrogen-bond acceptors (Lipinski definition) is 5. The Balaban J connectivity index is 1.96. The van der Waals surface area contributed by atoms with Gasteiger partial charge in [-0.15, -0.1) is 11.3 Å². The van der Waals surface area contributed by atoms with E-state index in [4.69, 9.17) is 4.98 Å². The summed E-state index contributed by atoms with van der Waals surface area (Å²) in [4.78, 5) is 26.1. The third-order valence-corrected chi connectivity index (χ3v) is 4.99. The molecule has 0 spiro atoms. The summed E-state index contributed by atoms with van der Waals surface area (Å²) < 4.78 is 1.74. The molecule has 0 atom stereocenters. The molecule has 5 nitrogen and oxygen atoms in total. The summed E-state index contributed by atoms with van der Waals surface area (Å²) in [7, 11) is 3.91. The zero-order valence-corrected chi connectivity index (χ0v) is 14.2. The number of thiophene rings is 1. The average Bonchev–Trinajstić information content (AvgIpc) is 2.94. The number of aromatic nitrogens is 3. The summed E-state index contributed by atoms with van der Waals surface area (Å²) in [5, 5.41) is 1.02. The summed E-state index contributed by atoms with van der Waals surface area (Å²) in [6.07, 6.45) is 3.60. The number of pyridine rings is 1.